The third kappa shape index (κ3) is 9.84. The molecule has 0 aliphatic carbocycles. The third-order valence-corrected chi connectivity index (χ3v) is 7.58. The van der Waals surface area contributed by atoms with Crippen LogP contribution in [0.3, 0.4) is 0 Å². The van der Waals surface area contributed by atoms with Gasteiger partial charge >= 0.3 is 5.97 Å². The van der Waals surface area contributed by atoms with Crippen LogP contribution in [0.5, 0.6) is 23.0 Å². The predicted molar refractivity (Wildman–Crippen MR) is 164 cm³/mol. The molecule has 1 heterocycles. The number of esters is 1. The van der Waals surface area contributed by atoms with E-state index in [-0.39, 0.29) is 12.1 Å². The summed E-state index contributed by atoms with van der Waals surface area (Å²) in [4.78, 5) is 12.5. The Labute approximate surface area is 246 Å². The van der Waals surface area contributed by atoms with Gasteiger partial charge in [-0.1, -0.05) is 94.7 Å². The molecule has 1 atom stereocenters. The molecular weight excluding hydrogens is 512 g/mol. The molecule has 3 aromatic carbocycles. The number of rotatable bonds is 17. The molecule has 0 saturated heterocycles. The summed E-state index contributed by atoms with van der Waals surface area (Å²) >= 11 is 0. The fraction of sp³-hybridized carbons (Fsp3) is 0.472. The van der Waals surface area contributed by atoms with E-state index in [0.29, 0.717) is 25.4 Å². The van der Waals surface area contributed by atoms with Gasteiger partial charge in [0.2, 0.25) is 0 Å². The van der Waals surface area contributed by atoms with E-state index in [1.807, 2.05) is 61.5 Å². The molecule has 0 aromatic heterocycles. The van der Waals surface area contributed by atoms with Gasteiger partial charge in [0.25, 0.3) is 0 Å². The molecule has 220 valence electrons. The Morgan fingerprint density at radius 1 is 0.805 bits per heavy atom. The van der Waals surface area contributed by atoms with Crippen molar-refractivity contribution >= 4 is 5.97 Å². The zero-order valence-electron chi connectivity index (χ0n) is 24.9. The van der Waals surface area contributed by atoms with Gasteiger partial charge < -0.3 is 18.9 Å². The predicted octanol–water partition coefficient (Wildman–Crippen LogP) is 9.56. The van der Waals surface area contributed by atoms with E-state index < -0.39 is 0 Å². The van der Waals surface area contributed by atoms with Crippen LogP contribution in [-0.4, -0.2) is 12.6 Å². The maximum absolute atomic E-state index is 12.5. The van der Waals surface area contributed by atoms with Crippen LogP contribution in [0.25, 0.3) is 0 Å². The molecule has 0 radical (unpaired) electrons. The maximum Gasteiger partial charge on any atom is 0.311 e. The summed E-state index contributed by atoms with van der Waals surface area (Å²) < 4.78 is 24.2. The number of unbranched alkanes of at least 4 members (excludes halogenated alkanes) is 8. The summed E-state index contributed by atoms with van der Waals surface area (Å²) in [6, 6.07) is 21.8. The first-order valence-corrected chi connectivity index (χ1v) is 15.6. The lowest BCUT2D eigenvalue weighted by Crippen LogP contribution is -2.17. The molecule has 41 heavy (non-hydrogen) atoms. The van der Waals surface area contributed by atoms with Gasteiger partial charge in [-0.2, -0.15) is 0 Å². The lowest BCUT2D eigenvalue weighted by molar-refractivity contribution is -0.134. The minimum Gasteiger partial charge on any atom is -0.494 e. The number of carbonyl (C=O) groups is 1. The van der Waals surface area contributed by atoms with Crippen LogP contribution in [0.2, 0.25) is 0 Å². The summed E-state index contributed by atoms with van der Waals surface area (Å²) in [6.07, 6.45) is 13.0. The fourth-order valence-corrected chi connectivity index (χ4v) is 5.29. The summed E-state index contributed by atoms with van der Waals surface area (Å²) in [6.45, 7) is 5.27. The van der Waals surface area contributed by atoms with Crippen LogP contribution in [0.15, 0.2) is 66.7 Å². The van der Waals surface area contributed by atoms with Crippen LogP contribution in [0.4, 0.5) is 0 Å². The smallest absolute Gasteiger partial charge is 0.311 e. The van der Waals surface area contributed by atoms with Crippen LogP contribution >= 0.6 is 0 Å². The van der Waals surface area contributed by atoms with Crippen molar-refractivity contribution in [3.63, 3.8) is 0 Å². The fourth-order valence-electron chi connectivity index (χ4n) is 5.29. The first-order valence-electron chi connectivity index (χ1n) is 15.6. The second-order valence-corrected chi connectivity index (χ2v) is 10.9. The van der Waals surface area contributed by atoms with Gasteiger partial charge in [-0.15, -0.1) is 0 Å². The van der Waals surface area contributed by atoms with E-state index >= 15 is 0 Å². The van der Waals surface area contributed by atoms with E-state index in [9.17, 15) is 4.79 Å². The molecule has 5 heteroatoms. The van der Waals surface area contributed by atoms with Gasteiger partial charge in [0.05, 0.1) is 6.61 Å². The Morgan fingerprint density at radius 3 is 2.29 bits per heavy atom. The summed E-state index contributed by atoms with van der Waals surface area (Å²) in [5.41, 5.74) is 3.21. The highest BCUT2D eigenvalue weighted by molar-refractivity contribution is 5.72. The number of hydrogen-bond donors (Lipinski definition) is 0. The molecule has 0 saturated carbocycles. The van der Waals surface area contributed by atoms with Crippen molar-refractivity contribution in [1.82, 2.24) is 0 Å². The van der Waals surface area contributed by atoms with Gasteiger partial charge in [-0.3, -0.25) is 4.79 Å². The van der Waals surface area contributed by atoms with Crippen LogP contribution in [0.1, 0.15) is 107 Å². The first-order chi connectivity index (χ1) is 20.2. The number of aryl methyl sites for hydroxylation is 1. The van der Waals surface area contributed by atoms with Gasteiger partial charge in [0, 0.05) is 24.1 Å². The Balaban J connectivity index is 1.32. The van der Waals surface area contributed by atoms with E-state index in [1.54, 1.807) is 0 Å². The largest absolute Gasteiger partial charge is 0.494 e. The van der Waals surface area contributed by atoms with Crippen molar-refractivity contribution in [2.45, 2.75) is 104 Å². The second-order valence-electron chi connectivity index (χ2n) is 10.9. The molecule has 0 fully saturated rings. The molecule has 5 nitrogen and oxygen atoms in total. The van der Waals surface area contributed by atoms with E-state index in [0.717, 1.165) is 59.6 Å². The average Bonchev–Trinajstić information content (AvgIpc) is 2.99. The Bertz CT molecular complexity index is 1210. The Kier molecular flexibility index (Phi) is 12.4. The second kappa shape index (κ2) is 16.7. The van der Waals surface area contributed by atoms with E-state index in [4.69, 9.17) is 18.9 Å². The van der Waals surface area contributed by atoms with Crippen molar-refractivity contribution in [2.75, 3.05) is 6.61 Å². The SMILES string of the molecule is CCCCCCCCCCCC(=O)Oc1ccc2c(c1)OC(c1ccc(OCC)cc1OCc1ccccc1)CC2. The van der Waals surface area contributed by atoms with Gasteiger partial charge in [0.1, 0.15) is 35.7 Å². The topological polar surface area (TPSA) is 54.0 Å². The number of ether oxygens (including phenoxy) is 4. The lowest BCUT2D eigenvalue weighted by Gasteiger charge is -2.28. The number of carbonyl (C=O) groups excluding carboxylic acids is 1. The minimum atomic E-state index is -0.177. The molecule has 3 aromatic rings. The van der Waals surface area contributed by atoms with Crippen molar-refractivity contribution in [3.05, 3.63) is 83.4 Å². The highest BCUT2D eigenvalue weighted by atomic mass is 16.5. The zero-order valence-corrected chi connectivity index (χ0v) is 24.9. The van der Waals surface area contributed by atoms with Crippen molar-refractivity contribution in [2.24, 2.45) is 0 Å². The highest BCUT2D eigenvalue weighted by Crippen LogP contribution is 2.41. The Hall–Kier alpha value is -3.47. The standard InChI is InChI=1S/C36H46O5/c1-3-5-6-7-8-9-10-11-15-18-36(37)40-31-21-19-29-20-24-33(41-34(29)26-31)32-23-22-30(38-4-2)25-35(32)39-27-28-16-13-12-14-17-28/h12-14,16-17,19,21-23,25-26,33H,3-11,15,18,20,24,27H2,1-2H3. The van der Waals surface area contributed by atoms with Gasteiger partial charge in [-0.25, -0.2) is 0 Å². The first kappa shape index (κ1) is 30.5. The average molecular weight is 559 g/mol. The molecule has 4 rings (SSSR count). The normalized spacial score (nSPS) is 14.1. The molecule has 1 aliphatic rings. The van der Waals surface area contributed by atoms with E-state index in [1.165, 1.54) is 44.9 Å². The third-order valence-electron chi connectivity index (χ3n) is 7.58. The molecule has 1 unspecified atom stereocenters. The van der Waals surface area contributed by atoms with Gasteiger partial charge in [-0.05, 0) is 55.5 Å². The molecular formula is C36H46O5. The van der Waals surface area contributed by atoms with Crippen molar-refractivity contribution in [1.29, 1.82) is 0 Å². The zero-order chi connectivity index (χ0) is 28.7. The van der Waals surface area contributed by atoms with Crippen LogP contribution < -0.4 is 18.9 Å². The van der Waals surface area contributed by atoms with Crippen molar-refractivity contribution < 1.29 is 23.7 Å². The number of hydrogen-bond acceptors (Lipinski definition) is 5. The maximum atomic E-state index is 12.5. The molecule has 0 amide bonds. The molecule has 0 bridgehead atoms. The molecule has 0 spiro atoms. The monoisotopic (exact) mass is 558 g/mol. The highest BCUT2D eigenvalue weighted by Gasteiger charge is 2.25. The quantitative estimate of drug-likeness (QED) is 0.0938. The number of fused-ring (bicyclic) bond motifs is 1. The summed E-state index contributed by atoms with van der Waals surface area (Å²) in [7, 11) is 0. The molecule has 1 aliphatic heterocycles. The summed E-state index contributed by atoms with van der Waals surface area (Å²) in [5.74, 6) is 2.66. The number of benzene rings is 3. The lowest BCUT2D eigenvalue weighted by atomic mass is 9.96. The molecule has 0 N–H and O–H groups in total. The Morgan fingerprint density at radius 2 is 1.54 bits per heavy atom. The van der Waals surface area contributed by atoms with Crippen LogP contribution in [-0.2, 0) is 17.8 Å². The van der Waals surface area contributed by atoms with Crippen molar-refractivity contribution in [3.8, 4) is 23.0 Å². The summed E-state index contributed by atoms with van der Waals surface area (Å²) in [5, 5.41) is 0. The van der Waals surface area contributed by atoms with Crippen LogP contribution in [0, 0.1) is 0 Å². The van der Waals surface area contributed by atoms with E-state index in [2.05, 4.69) is 19.1 Å². The van der Waals surface area contributed by atoms with Gasteiger partial charge in [0.15, 0.2) is 0 Å². The minimum absolute atomic E-state index is 0.170.